The van der Waals surface area contributed by atoms with Gasteiger partial charge in [0.2, 0.25) is 0 Å². The SMILES string of the molecule is CCCCCCCCCC/C=C\CCCCCCCCCCCCCCCCCCCCCCCC(=O)OC(COC(=O)CCCCCCC)COP(=O)(O)OCC[N+](C)(C)C. The Morgan fingerprint density at radius 1 is 0.484 bits per heavy atom. The van der Waals surface area contributed by atoms with Crippen LogP contribution in [0.1, 0.15) is 258 Å². The average molecular weight is 901 g/mol. The fraction of sp³-hybridized carbons (Fsp3) is 0.923. The van der Waals surface area contributed by atoms with Gasteiger partial charge in [-0.15, -0.1) is 0 Å². The molecule has 0 aliphatic heterocycles. The van der Waals surface area contributed by atoms with Crippen LogP contribution < -0.4 is 0 Å². The fourth-order valence-electron chi connectivity index (χ4n) is 7.66. The Bertz CT molecular complexity index is 1060. The quantitative estimate of drug-likeness (QED) is 0.0211. The number of carbonyl (C=O) groups excluding carboxylic acids is 2. The molecular formula is C52H103NO8P+. The summed E-state index contributed by atoms with van der Waals surface area (Å²) in [4.78, 5) is 35.1. The van der Waals surface area contributed by atoms with Crippen LogP contribution >= 0.6 is 7.82 Å². The molecule has 368 valence electrons. The summed E-state index contributed by atoms with van der Waals surface area (Å²) in [5.74, 6) is -0.800. The molecule has 0 radical (unpaired) electrons. The second-order valence-corrected chi connectivity index (χ2v) is 20.7. The van der Waals surface area contributed by atoms with Crippen molar-refractivity contribution in [2.24, 2.45) is 0 Å². The summed E-state index contributed by atoms with van der Waals surface area (Å²) < 4.78 is 34.1. The van der Waals surface area contributed by atoms with Gasteiger partial charge in [-0.05, 0) is 38.5 Å². The van der Waals surface area contributed by atoms with E-state index in [1.807, 2.05) is 21.1 Å². The minimum Gasteiger partial charge on any atom is -0.462 e. The zero-order valence-electron chi connectivity index (χ0n) is 41.6. The monoisotopic (exact) mass is 901 g/mol. The highest BCUT2D eigenvalue weighted by atomic mass is 31.2. The van der Waals surface area contributed by atoms with Crippen molar-refractivity contribution in [2.75, 3.05) is 47.5 Å². The Morgan fingerprint density at radius 3 is 1.19 bits per heavy atom. The number of phosphoric acid groups is 1. The molecule has 0 aromatic carbocycles. The number of likely N-dealkylation sites (N-methyl/N-ethyl adjacent to an activating group) is 1. The molecule has 0 aromatic rings. The first-order chi connectivity index (χ1) is 30.0. The van der Waals surface area contributed by atoms with E-state index in [-0.39, 0.29) is 32.0 Å². The minimum absolute atomic E-state index is 0.0352. The van der Waals surface area contributed by atoms with Crippen molar-refractivity contribution in [3.05, 3.63) is 12.2 Å². The third kappa shape index (κ3) is 48.2. The van der Waals surface area contributed by atoms with Crippen molar-refractivity contribution in [2.45, 2.75) is 264 Å². The van der Waals surface area contributed by atoms with Crippen LogP contribution in [0, 0.1) is 0 Å². The van der Waals surface area contributed by atoms with Gasteiger partial charge in [-0.2, -0.15) is 0 Å². The van der Waals surface area contributed by atoms with Gasteiger partial charge in [0.25, 0.3) is 0 Å². The molecule has 1 N–H and O–H groups in total. The van der Waals surface area contributed by atoms with Crippen molar-refractivity contribution in [3.63, 3.8) is 0 Å². The topological polar surface area (TPSA) is 108 Å². The molecule has 0 amide bonds. The zero-order chi connectivity index (χ0) is 45.7. The van der Waals surface area contributed by atoms with Gasteiger partial charge >= 0.3 is 19.8 Å². The minimum atomic E-state index is -4.36. The second kappa shape index (κ2) is 44.9. The zero-order valence-corrected chi connectivity index (χ0v) is 42.5. The van der Waals surface area contributed by atoms with Crippen LogP contribution in [0.25, 0.3) is 0 Å². The molecule has 2 unspecified atom stereocenters. The lowest BCUT2D eigenvalue weighted by atomic mass is 10.0. The number of hydrogen-bond acceptors (Lipinski definition) is 7. The molecule has 0 saturated heterocycles. The molecule has 0 spiro atoms. The number of quaternary nitrogens is 1. The number of phosphoric ester groups is 1. The van der Waals surface area contributed by atoms with Gasteiger partial charge in [-0.25, -0.2) is 4.57 Å². The second-order valence-electron chi connectivity index (χ2n) is 19.3. The Morgan fingerprint density at radius 2 is 0.823 bits per heavy atom. The molecule has 9 nitrogen and oxygen atoms in total. The van der Waals surface area contributed by atoms with E-state index in [4.69, 9.17) is 18.5 Å². The molecule has 0 rings (SSSR count). The average Bonchev–Trinajstić information content (AvgIpc) is 3.22. The Balaban J connectivity index is 3.80. The third-order valence-corrected chi connectivity index (χ3v) is 12.8. The maximum Gasteiger partial charge on any atom is 0.472 e. The first kappa shape index (κ1) is 60.8. The van der Waals surface area contributed by atoms with Crippen molar-refractivity contribution in [3.8, 4) is 0 Å². The maximum atomic E-state index is 12.7. The summed E-state index contributed by atoms with van der Waals surface area (Å²) >= 11 is 0. The first-order valence-corrected chi connectivity index (χ1v) is 27.9. The standard InChI is InChI=1S/C52H102NO8P/c1-6-8-10-12-13-14-15-16-17-18-19-20-21-22-23-24-25-26-27-28-29-30-31-32-33-34-35-36-37-38-39-41-43-45-52(55)61-50(48-58-51(54)44-42-40-11-9-7-2)49-60-62(56,57)59-47-46-53(3,4)5/h18-19,50H,6-17,20-49H2,1-5H3/p+1/b19-18-. The van der Waals surface area contributed by atoms with Gasteiger partial charge in [-0.1, -0.05) is 219 Å². The smallest absolute Gasteiger partial charge is 0.462 e. The van der Waals surface area contributed by atoms with E-state index in [9.17, 15) is 19.0 Å². The van der Waals surface area contributed by atoms with Gasteiger partial charge in [0.05, 0.1) is 27.7 Å². The highest BCUT2D eigenvalue weighted by Gasteiger charge is 2.27. The van der Waals surface area contributed by atoms with Gasteiger partial charge < -0.3 is 18.9 Å². The highest BCUT2D eigenvalue weighted by molar-refractivity contribution is 7.47. The molecule has 0 aromatic heterocycles. The molecular weight excluding hydrogens is 798 g/mol. The van der Waals surface area contributed by atoms with Crippen LogP contribution in [0.3, 0.4) is 0 Å². The lowest BCUT2D eigenvalue weighted by Gasteiger charge is -2.24. The number of rotatable bonds is 49. The molecule has 62 heavy (non-hydrogen) atoms. The van der Waals surface area contributed by atoms with Crippen LogP contribution in [-0.2, 0) is 32.7 Å². The molecule has 0 aliphatic rings. The van der Waals surface area contributed by atoms with Gasteiger partial charge in [0.15, 0.2) is 6.10 Å². The fourth-order valence-corrected chi connectivity index (χ4v) is 8.40. The summed E-state index contributed by atoms with van der Waals surface area (Å²) in [5, 5.41) is 0. The Labute approximate surface area is 384 Å². The van der Waals surface area contributed by atoms with Crippen molar-refractivity contribution >= 4 is 19.8 Å². The number of carbonyl (C=O) groups is 2. The van der Waals surface area contributed by atoms with Crippen LogP contribution in [0.5, 0.6) is 0 Å². The molecule has 0 heterocycles. The number of esters is 2. The summed E-state index contributed by atoms with van der Waals surface area (Å²) in [7, 11) is 1.49. The van der Waals surface area contributed by atoms with Crippen LogP contribution in [0.2, 0.25) is 0 Å². The lowest BCUT2D eigenvalue weighted by molar-refractivity contribution is -0.870. The van der Waals surface area contributed by atoms with E-state index < -0.39 is 26.5 Å². The lowest BCUT2D eigenvalue weighted by Crippen LogP contribution is -2.37. The van der Waals surface area contributed by atoms with E-state index in [0.717, 1.165) is 44.9 Å². The molecule has 0 saturated carbocycles. The summed E-state index contributed by atoms with van der Waals surface area (Å²) in [6.07, 6.45) is 50.7. The van der Waals surface area contributed by atoms with E-state index in [2.05, 4.69) is 26.0 Å². The summed E-state index contributed by atoms with van der Waals surface area (Å²) in [5.41, 5.74) is 0. The van der Waals surface area contributed by atoms with E-state index in [1.165, 1.54) is 180 Å². The number of ether oxygens (including phenoxy) is 2. The number of allylic oxidation sites excluding steroid dienone is 2. The van der Waals surface area contributed by atoms with Gasteiger partial charge in [0, 0.05) is 12.8 Å². The predicted molar refractivity (Wildman–Crippen MR) is 261 cm³/mol. The third-order valence-electron chi connectivity index (χ3n) is 11.8. The molecule has 0 aliphatic carbocycles. The van der Waals surface area contributed by atoms with Crippen molar-refractivity contribution < 1.29 is 42.1 Å². The van der Waals surface area contributed by atoms with Gasteiger partial charge in [-0.3, -0.25) is 18.6 Å². The van der Waals surface area contributed by atoms with E-state index >= 15 is 0 Å². The van der Waals surface area contributed by atoms with Crippen LogP contribution in [-0.4, -0.2) is 74.9 Å². The van der Waals surface area contributed by atoms with E-state index in [1.54, 1.807) is 0 Å². The van der Waals surface area contributed by atoms with Gasteiger partial charge in [0.1, 0.15) is 19.8 Å². The molecule has 0 fully saturated rings. The predicted octanol–water partition coefficient (Wildman–Crippen LogP) is 15.7. The normalized spacial score (nSPS) is 13.5. The Hall–Kier alpha value is -1.25. The highest BCUT2D eigenvalue weighted by Crippen LogP contribution is 2.43. The van der Waals surface area contributed by atoms with Crippen molar-refractivity contribution in [1.82, 2.24) is 0 Å². The number of unbranched alkanes of at least 4 members (excludes halogenated alkanes) is 33. The molecule has 2 atom stereocenters. The van der Waals surface area contributed by atoms with E-state index in [0.29, 0.717) is 17.4 Å². The maximum absolute atomic E-state index is 12.7. The van der Waals surface area contributed by atoms with Crippen molar-refractivity contribution in [1.29, 1.82) is 0 Å². The number of nitrogens with zero attached hydrogens (tertiary/aromatic N) is 1. The van der Waals surface area contributed by atoms with Crippen LogP contribution in [0.15, 0.2) is 12.2 Å². The summed E-state index contributed by atoms with van der Waals surface area (Å²) in [6.45, 7) is 4.36. The number of hydrogen-bond donors (Lipinski definition) is 1. The summed E-state index contributed by atoms with van der Waals surface area (Å²) in [6, 6.07) is 0. The van der Waals surface area contributed by atoms with Crippen LogP contribution in [0.4, 0.5) is 0 Å². The molecule has 10 heteroatoms. The first-order valence-electron chi connectivity index (χ1n) is 26.4. The molecule has 0 bridgehead atoms. The Kier molecular flexibility index (Phi) is 44.0. The largest absolute Gasteiger partial charge is 0.472 e.